The lowest BCUT2D eigenvalue weighted by molar-refractivity contribution is 0.0955. The fourth-order valence-electron chi connectivity index (χ4n) is 4.26. The number of nitrogens with one attached hydrogen (secondary N) is 1. The summed E-state index contributed by atoms with van der Waals surface area (Å²) in [7, 11) is 0. The first-order valence-electron chi connectivity index (χ1n) is 10.4. The average Bonchev–Trinajstić information content (AvgIpc) is 2.91. The molecule has 2 aliphatic rings. The van der Waals surface area contributed by atoms with E-state index in [1.165, 1.54) is 22.3 Å². The van der Waals surface area contributed by atoms with E-state index in [0.29, 0.717) is 18.7 Å². The van der Waals surface area contributed by atoms with E-state index in [2.05, 4.69) is 47.1 Å². The van der Waals surface area contributed by atoms with Gasteiger partial charge in [0, 0.05) is 37.3 Å². The standard InChI is InChI=1S/C25H28N2O2/c1-3-13-27-14-11-18(12-15-27)24-21-8-6-5-7-20(21)17-29-23-16-19(9-10-22(23)24)25(28)26-4-2/h3,5-10,16H,1,4,11-15,17H2,2H3,(H,26,28). The molecule has 0 bridgehead atoms. The molecule has 2 aliphatic heterocycles. The summed E-state index contributed by atoms with van der Waals surface area (Å²) in [6.45, 7) is 9.94. The van der Waals surface area contributed by atoms with Crippen LogP contribution in [0.25, 0.3) is 5.57 Å². The van der Waals surface area contributed by atoms with Gasteiger partial charge in [0.1, 0.15) is 12.4 Å². The molecule has 1 amide bonds. The Hall–Kier alpha value is -2.85. The molecule has 0 aliphatic carbocycles. The van der Waals surface area contributed by atoms with Crippen molar-refractivity contribution in [2.45, 2.75) is 26.4 Å². The maximum absolute atomic E-state index is 12.3. The van der Waals surface area contributed by atoms with Crippen LogP contribution in [0.1, 0.15) is 46.8 Å². The molecule has 0 saturated carbocycles. The number of ether oxygens (including phenoxy) is 1. The number of likely N-dealkylation sites (tertiary alicyclic amines) is 1. The molecule has 0 aromatic heterocycles. The molecule has 4 rings (SSSR count). The Morgan fingerprint density at radius 2 is 1.97 bits per heavy atom. The Morgan fingerprint density at radius 3 is 2.72 bits per heavy atom. The molecule has 1 N–H and O–H groups in total. The summed E-state index contributed by atoms with van der Waals surface area (Å²) >= 11 is 0. The third kappa shape index (κ3) is 3.99. The van der Waals surface area contributed by atoms with Crippen molar-refractivity contribution in [3.63, 3.8) is 0 Å². The first-order chi connectivity index (χ1) is 14.2. The normalized spacial score (nSPS) is 16.3. The largest absolute Gasteiger partial charge is 0.488 e. The lowest BCUT2D eigenvalue weighted by atomic mass is 9.86. The minimum absolute atomic E-state index is 0.0624. The topological polar surface area (TPSA) is 41.6 Å². The highest BCUT2D eigenvalue weighted by Crippen LogP contribution is 2.41. The van der Waals surface area contributed by atoms with Gasteiger partial charge in [0.2, 0.25) is 0 Å². The molecule has 2 heterocycles. The zero-order valence-electron chi connectivity index (χ0n) is 17.0. The van der Waals surface area contributed by atoms with Crippen molar-refractivity contribution in [3.8, 4) is 5.75 Å². The number of nitrogens with zero attached hydrogens (tertiary/aromatic N) is 1. The van der Waals surface area contributed by atoms with Crippen molar-refractivity contribution in [1.29, 1.82) is 0 Å². The van der Waals surface area contributed by atoms with Gasteiger partial charge in [-0.25, -0.2) is 0 Å². The molecule has 4 heteroatoms. The summed E-state index contributed by atoms with van der Waals surface area (Å²) < 4.78 is 6.19. The van der Waals surface area contributed by atoms with Crippen LogP contribution in [0.3, 0.4) is 0 Å². The van der Waals surface area contributed by atoms with Gasteiger partial charge in [-0.2, -0.15) is 0 Å². The van der Waals surface area contributed by atoms with Gasteiger partial charge in [-0.1, -0.05) is 35.9 Å². The van der Waals surface area contributed by atoms with E-state index in [9.17, 15) is 4.79 Å². The summed E-state index contributed by atoms with van der Waals surface area (Å²) in [4.78, 5) is 14.8. The van der Waals surface area contributed by atoms with Crippen molar-refractivity contribution in [1.82, 2.24) is 10.2 Å². The van der Waals surface area contributed by atoms with Gasteiger partial charge in [-0.3, -0.25) is 9.69 Å². The molecule has 1 saturated heterocycles. The molecule has 1 fully saturated rings. The van der Waals surface area contributed by atoms with Gasteiger partial charge in [-0.05, 0) is 54.7 Å². The Bertz CT molecular complexity index is 951. The van der Waals surface area contributed by atoms with Gasteiger partial charge >= 0.3 is 0 Å². The van der Waals surface area contributed by atoms with Crippen LogP contribution < -0.4 is 10.1 Å². The number of amides is 1. The molecule has 2 aromatic rings. The molecular weight excluding hydrogens is 360 g/mol. The number of benzene rings is 2. The molecule has 0 unspecified atom stereocenters. The Labute approximate surface area is 172 Å². The van der Waals surface area contributed by atoms with Crippen LogP contribution in [0.2, 0.25) is 0 Å². The molecule has 150 valence electrons. The highest BCUT2D eigenvalue weighted by molar-refractivity contribution is 5.96. The molecular formula is C25H28N2O2. The van der Waals surface area contributed by atoms with Crippen LogP contribution in [-0.4, -0.2) is 37.0 Å². The first kappa shape index (κ1) is 19.5. The van der Waals surface area contributed by atoms with E-state index in [4.69, 9.17) is 4.74 Å². The summed E-state index contributed by atoms with van der Waals surface area (Å²) in [6, 6.07) is 14.4. The van der Waals surface area contributed by atoms with Crippen molar-refractivity contribution in [3.05, 3.63) is 82.9 Å². The van der Waals surface area contributed by atoms with E-state index < -0.39 is 0 Å². The lowest BCUT2D eigenvalue weighted by Gasteiger charge is -2.29. The average molecular weight is 389 g/mol. The third-order valence-electron chi connectivity index (χ3n) is 5.72. The monoisotopic (exact) mass is 388 g/mol. The molecule has 4 nitrogen and oxygen atoms in total. The smallest absolute Gasteiger partial charge is 0.251 e. The van der Waals surface area contributed by atoms with Crippen LogP contribution in [0.4, 0.5) is 0 Å². The second kappa shape index (κ2) is 8.66. The van der Waals surface area contributed by atoms with Gasteiger partial charge in [-0.15, -0.1) is 6.58 Å². The van der Waals surface area contributed by atoms with Crippen molar-refractivity contribution >= 4 is 11.5 Å². The number of hydrogen-bond donors (Lipinski definition) is 1. The Balaban J connectivity index is 1.79. The number of hydrogen-bond acceptors (Lipinski definition) is 3. The fourth-order valence-corrected chi connectivity index (χ4v) is 4.26. The minimum Gasteiger partial charge on any atom is -0.488 e. The van der Waals surface area contributed by atoms with Crippen LogP contribution >= 0.6 is 0 Å². The molecule has 0 spiro atoms. The third-order valence-corrected chi connectivity index (χ3v) is 5.72. The maximum atomic E-state index is 12.3. The van der Waals surface area contributed by atoms with Crippen molar-refractivity contribution in [2.24, 2.45) is 0 Å². The summed E-state index contributed by atoms with van der Waals surface area (Å²) in [5.41, 5.74) is 6.93. The maximum Gasteiger partial charge on any atom is 0.251 e. The Morgan fingerprint density at radius 1 is 1.17 bits per heavy atom. The van der Waals surface area contributed by atoms with Gasteiger partial charge in [0.05, 0.1) is 0 Å². The highest BCUT2D eigenvalue weighted by Gasteiger charge is 2.25. The van der Waals surface area contributed by atoms with Gasteiger partial charge < -0.3 is 10.1 Å². The number of fused-ring (bicyclic) bond motifs is 2. The van der Waals surface area contributed by atoms with Crippen LogP contribution in [0, 0.1) is 0 Å². The van der Waals surface area contributed by atoms with Crippen LogP contribution in [-0.2, 0) is 6.61 Å². The SMILES string of the molecule is C=CCN1CCC(=C2c3ccccc3COc3cc(C(=O)NCC)ccc32)CC1. The van der Waals surface area contributed by atoms with E-state index in [0.717, 1.165) is 43.8 Å². The zero-order valence-corrected chi connectivity index (χ0v) is 17.0. The van der Waals surface area contributed by atoms with Crippen LogP contribution in [0.15, 0.2) is 60.7 Å². The first-order valence-corrected chi connectivity index (χ1v) is 10.4. The van der Waals surface area contributed by atoms with Gasteiger partial charge in [0.25, 0.3) is 5.91 Å². The van der Waals surface area contributed by atoms with Gasteiger partial charge in [0.15, 0.2) is 0 Å². The van der Waals surface area contributed by atoms with Crippen molar-refractivity contribution < 1.29 is 9.53 Å². The molecule has 29 heavy (non-hydrogen) atoms. The van der Waals surface area contributed by atoms with Crippen LogP contribution in [0.5, 0.6) is 5.75 Å². The quantitative estimate of drug-likeness (QED) is 0.789. The number of carbonyl (C=O) groups is 1. The highest BCUT2D eigenvalue weighted by atomic mass is 16.5. The van der Waals surface area contributed by atoms with E-state index in [1.807, 2.05) is 25.1 Å². The summed E-state index contributed by atoms with van der Waals surface area (Å²) in [6.07, 6.45) is 4.05. The van der Waals surface area contributed by atoms with E-state index in [-0.39, 0.29) is 5.91 Å². The summed E-state index contributed by atoms with van der Waals surface area (Å²) in [5.74, 6) is 0.730. The summed E-state index contributed by atoms with van der Waals surface area (Å²) in [5, 5.41) is 2.87. The second-order valence-electron chi connectivity index (χ2n) is 7.58. The molecule has 0 atom stereocenters. The fraction of sp³-hybridized carbons (Fsp3) is 0.320. The van der Waals surface area contributed by atoms with E-state index >= 15 is 0 Å². The number of carbonyl (C=O) groups excluding carboxylic acids is 1. The molecule has 2 aromatic carbocycles. The predicted octanol–water partition coefficient (Wildman–Crippen LogP) is 4.41. The lowest BCUT2D eigenvalue weighted by Crippen LogP contribution is -2.31. The number of rotatable bonds is 4. The Kier molecular flexibility index (Phi) is 5.81. The second-order valence-corrected chi connectivity index (χ2v) is 7.58. The predicted molar refractivity (Wildman–Crippen MR) is 117 cm³/mol. The number of piperidine rings is 1. The van der Waals surface area contributed by atoms with Crippen molar-refractivity contribution in [2.75, 3.05) is 26.2 Å². The minimum atomic E-state index is -0.0624. The molecule has 0 radical (unpaired) electrons. The van der Waals surface area contributed by atoms with E-state index in [1.54, 1.807) is 0 Å². The zero-order chi connectivity index (χ0) is 20.2.